The van der Waals surface area contributed by atoms with E-state index in [0.29, 0.717) is 5.41 Å². The van der Waals surface area contributed by atoms with Crippen LogP contribution in [-0.2, 0) is 13.1 Å². The second-order valence-corrected chi connectivity index (χ2v) is 7.30. The third kappa shape index (κ3) is 4.21. The highest BCUT2D eigenvalue weighted by Gasteiger charge is 2.39. The smallest absolute Gasteiger partial charge is 0.0234 e. The van der Waals surface area contributed by atoms with E-state index in [1.54, 1.807) is 0 Å². The molecule has 2 unspecified atom stereocenters. The van der Waals surface area contributed by atoms with Crippen molar-refractivity contribution in [3.63, 3.8) is 0 Å². The van der Waals surface area contributed by atoms with Crippen LogP contribution in [0.4, 0.5) is 0 Å². The van der Waals surface area contributed by atoms with E-state index >= 15 is 0 Å². The molecule has 1 fully saturated rings. The van der Waals surface area contributed by atoms with Gasteiger partial charge < -0.3 is 5.32 Å². The summed E-state index contributed by atoms with van der Waals surface area (Å²) in [6.45, 7) is 10.3. The fourth-order valence-corrected chi connectivity index (χ4v) is 3.62. The van der Waals surface area contributed by atoms with Crippen LogP contribution in [0.5, 0.6) is 0 Å². The summed E-state index contributed by atoms with van der Waals surface area (Å²) in [4.78, 5) is 2.60. The van der Waals surface area contributed by atoms with Crippen molar-refractivity contribution in [2.75, 3.05) is 19.6 Å². The van der Waals surface area contributed by atoms with Gasteiger partial charge in [-0.2, -0.15) is 0 Å². The Kier molecular flexibility index (Phi) is 5.14. The average molecular weight is 308 g/mol. The number of rotatable bonds is 6. The quantitative estimate of drug-likeness (QED) is 0.869. The Morgan fingerprint density at radius 2 is 1.61 bits per heavy atom. The van der Waals surface area contributed by atoms with E-state index < -0.39 is 0 Å². The van der Waals surface area contributed by atoms with Gasteiger partial charge in [0.15, 0.2) is 0 Å². The number of hydrogen-bond acceptors (Lipinski definition) is 2. The Bertz CT molecular complexity index is 596. The van der Waals surface area contributed by atoms with Crippen LogP contribution in [0.25, 0.3) is 0 Å². The molecule has 2 aromatic rings. The lowest BCUT2D eigenvalue weighted by Gasteiger charge is -2.29. The zero-order valence-electron chi connectivity index (χ0n) is 14.3. The molecular formula is C21H28N2. The van der Waals surface area contributed by atoms with E-state index in [-0.39, 0.29) is 0 Å². The summed E-state index contributed by atoms with van der Waals surface area (Å²) in [6.07, 6.45) is 0. The van der Waals surface area contributed by atoms with Gasteiger partial charge >= 0.3 is 0 Å². The molecule has 1 aliphatic rings. The highest BCUT2D eigenvalue weighted by molar-refractivity contribution is 5.16. The maximum Gasteiger partial charge on any atom is 0.0234 e. The van der Waals surface area contributed by atoms with Gasteiger partial charge in [-0.05, 0) is 22.5 Å². The maximum absolute atomic E-state index is 3.67. The summed E-state index contributed by atoms with van der Waals surface area (Å²) >= 11 is 0. The van der Waals surface area contributed by atoms with E-state index in [1.807, 2.05) is 0 Å². The minimum atomic E-state index is 0.351. The predicted molar refractivity (Wildman–Crippen MR) is 97.1 cm³/mol. The van der Waals surface area contributed by atoms with Gasteiger partial charge in [0.1, 0.15) is 0 Å². The lowest BCUT2D eigenvalue weighted by atomic mass is 9.81. The topological polar surface area (TPSA) is 15.3 Å². The molecule has 2 nitrogen and oxygen atoms in total. The molecule has 0 aromatic heterocycles. The summed E-state index contributed by atoms with van der Waals surface area (Å²) < 4.78 is 0. The molecule has 0 aliphatic carbocycles. The van der Waals surface area contributed by atoms with Crippen LogP contribution < -0.4 is 5.32 Å². The molecule has 1 aliphatic heterocycles. The first-order valence-electron chi connectivity index (χ1n) is 8.67. The van der Waals surface area contributed by atoms with Gasteiger partial charge in [-0.25, -0.2) is 0 Å². The van der Waals surface area contributed by atoms with E-state index in [4.69, 9.17) is 0 Å². The lowest BCUT2D eigenvalue weighted by molar-refractivity contribution is 0.238. The van der Waals surface area contributed by atoms with Gasteiger partial charge in [-0.15, -0.1) is 0 Å². The first-order chi connectivity index (χ1) is 11.2. The third-order valence-corrected chi connectivity index (χ3v) is 5.26. The SMILES string of the molecule is CC1CN(Cc2ccccc2)CC1(C)CNCc1ccccc1. The first-order valence-corrected chi connectivity index (χ1v) is 8.67. The van der Waals surface area contributed by atoms with Gasteiger partial charge in [0.25, 0.3) is 0 Å². The molecule has 0 spiro atoms. The fraction of sp³-hybridized carbons (Fsp3) is 0.429. The number of likely N-dealkylation sites (tertiary alicyclic amines) is 1. The Morgan fingerprint density at radius 1 is 1.00 bits per heavy atom. The molecule has 0 saturated carbocycles. The van der Waals surface area contributed by atoms with Crippen molar-refractivity contribution in [2.24, 2.45) is 11.3 Å². The molecule has 2 aromatic carbocycles. The zero-order chi connectivity index (χ0) is 16.1. The number of hydrogen-bond donors (Lipinski definition) is 1. The largest absolute Gasteiger partial charge is 0.312 e. The van der Waals surface area contributed by atoms with E-state index in [2.05, 4.69) is 84.7 Å². The summed E-state index contributed by atoms with van der Waals surface area (Å²) in [5.74, 6) is 0.717. The monoisotopic (exact) mass is 308 g/mol. The van der Waals surface area contributed by atoms with Crippen molar-refractivity contribution in [3.8, 4) is 0 Å². The molecule has 0 bridgehead atoms. The van der Waals surface area contributed by atoms with Crippen molar-refractivity contribution < 1.29 is 0 Å². The summed E-state index contributed by atoms with van der Waals surface area (Å²) in [5, 5.41) is 3.67. The standard InChI is InChI=1S/C21H28N2/c1-18-14-23(15-20-11-7-4-8-12-20)17-21(18,2)16-22-13-19-9-5-3-6-10-19/h3-12,18,22H,13-17H2,1-2H3. The van der Waals surface area contributed by atoms with Crippen molar-refractivity contribution >= 4 is 0 Å². The molecule has 122 valence electrons. The van der Waals surface area contributed by atoms with Crippen LogP contribution in [0.15, 0.2) is 60.7 Å². The Labute approximate surface area is 140 Å². The normalized spacial score (nSPS) is 24.9. The molecule has 2 atom stereocenters. The Balaban J connectivity index is 1.52. The van der Waals surface area contributed by atoms with Gasteiger partial charge in [0.2, 0.25) is 0 Å². The number of nitrogens with zero attached hydrogens (tertiary/aromatic N) is 1. The van der Waals surface area contributed by atoms with Crippen molar-refractivity contribution in [1.29, 1.82) is 0 Å². The molecule has 23 heavy (non-hydrogen) atoms. The first kappa shape index (κ1) is 16.2. The van der Waals surface area contributed by atoms with Gasteiger partial charge in [-0.3, -0.25) is 4.90 Å². The summed E-state index contributed by atoms with van der Waals surface area (Å²) in [6, 6.07) is 21.5. The molecule has 2 heteroatoms. The molecule has 1 saturated heterocycles. The van der Waals surface area contributed by atoms with Crippen molar-refractivity contribution in [3.05, 3.63) is 71.8 Å². The third-order valence-electron chi connectivity index (χ3n) is 5.26. The van der Waals surface area contributed by atoms with E-state index in [9.17, 15) is 0 Å². The number of nitrogens with one attached hydrogen (secondary N) is 1. The maximum atomic E-state index is 3.67. The highest BCUT2D eigenvalue weighted by Crippen LogP contribution is 2.35. The minimum Gasteiger partial charge on any atom is -0.312 e. The molecule has 1 N–H and O–H groups in total. The van der Waals surface area contributed by atoms with E-state index in [0.717, 1.165) is 25.6 Å². The summed E-state index contributed by atoms with van der Waals surface area (Å²) in [7, 11) is 0. The zero-order valence-corrected chi connectivity index (χ0v) is 14.3. The molecule has 3 rings (SSSR count). The fourth-order valence-electron chi connectivity index (χ4n) is 3.62. The summed E-state index contributed by atoms with van der Waals surface area (Å²) in [5.41, 5.74) is 3.13. The number of benzene rings is 2. The average Bonchev–Trinajstić information content (AvgIpc) is 2.83. The van der Waals surface area contributed by atoms with Crippen LogP contribution in [0, 0.1) is 11.3 Å². The molecule has 1 heterocycles. The van der Waals surface area contributed by atoms with Gasteiger partial charge in [-0.1, -0.05) is 74.5 Å². The second-order valence-electron chi connectivity index (χ2n) is 7.30. The second kappa shape index (κ2) is 7.29. The van der Waals surface area contributed by atoms with Crippen molar-refractivity contribution in [1.82, 2.24) is 10.2 Å². The molecule has 0 radical (unpaired) electrons. The van der Waals surface area contributed by atoms with Gasteiger partial charge in [0.05, 0.1) is 0 Å². The van der Waals surface area contributed by atoms with Crippen LogP contribution in [0.1, 0.15) is 25.0 Å². The molecule has 0 amide bonds. The lowest BCUT2D eigenvalue weighted by Crippen LogP contribution is -2.37. The van der Waals surface area contributed by atoms with Crippen LogP contribution in [0.2, 0.25) is 0 Å². The van der Waals surface area contributed by atoms with E-state index in [1.165, 1.54) is 24.2 Å². The Morgan fingerprint density at radius 3 is 2.26 bits per heavy atom. The van der Waals surface area contributed by atoms with Gasteiger partial charge in [0, 0.05) is 32.7 Å². The minimum absolute atomic E-state index is 0.351. The predicted octanol–water partition coefficient (Wildman–Crippen LogP) is 3.93. The molecular weight excluding hydrogens is 280 g/mol. The highest BCUT2D eigenvalue weighted by atomic mass is 15.2. The van der Waals surface area contributed by atoms with Crippen LogP contribution >= 0.6 is 0 Å². The Hall–Kier alpha value is -1.64. The van der Waals surface area contributed by atoms with Crippen LogP contribution in [0.3, 0.4) is 0 Å². The van der Waals surface area contributed by atoms with Crippen LogP contribution in [-0.4, -0.2) is 24.5 Å². The van der Waals surface area contributed by atoms with Crippen molar-refractivity contribution in [2.45, 2.75) is 26.9 Å².